The molecule has 0 saturated carbocycles. The van der Waals surface area contributed by atoms with Crippen molar-refractivity contribution in [1.29, 1.82) is 0 Å². The van der Waals surface area contributed by atoms with Gasteiger partial charge in [-0.2, -0.15) is 0 Å². The van der Waals surface area contributed by atoms with Crippen LogP contribution in [-0.4, -0.2) is 40.2 Å². The second-order valence-corrected chi connectivity index (χ2v) is 10.8. The van der Waals surface area contributed by atoms with E-state index in [0.29, 0.717) is 44.5 Å². The summed E-state index contributed by atoms with van der Waals surface area (Å²) < 4.78 is 7.02. The van der Waals surface area contributed by atoms with Crippen LogP contribution in [0, 0.1) is 6.92 Å². The van der Waals surface area contributed by atoms with Crippen LogP contribution in [0.15, 0.2) is 76.6 Å². The average molecular weight is 579 g/mol. The Morgan fingerprint density at radius 3 is 2.62 bits per heavy atom. The van der Waals surface area contributed by atoms with Crippen molar-refractivity contribution >= 4 is 74.7 Å². The number of ether oxygens (including phenoxy) is 1. The Morgan fingerprint density at radius 2 is 1.87 bits per heavy atom. The predicted molar refractivity (Wildman–Crippen MR) is 160 cm³/mol. The molecule has 1 amide bonds. The monoisotopic (exact) mass is 577 g/mol. The Hall–Kier alpha value is -3.52. The number of para-hydroxylation sites is 1. The molecular weight excluding hydrogens is 553 g/mol. The number of thioether (sulfide) groups is 1. The van der Waals surface area contributed by atoms with Crippen LogP contribution in [0.3, 0.4) is 0 Å². The Labute approximate surface area is 240 Å². The molecule has 5 rings (SSSR count). The van der Waals surface area contributed by atoms with Crippen LogP contribution in [-0.2, 0) is 16.1 Å². The molecule has 0 aliphatic carbocycles. The number of carbonyl (C=O) groups is 2. The number of halogens is 2. The number of fused-ring (bicyclic) bond motifs is 1. The highest BCUT2D eigenvalue weighted by Crippen LogP contribution is 2.37. The van der Waals surface area contributed by atoms with Gasteiger partial charge in [-0.25, -0.2) is 9.79 Å². The maximum atomic E-state index is 13.4. The van der Waals surface area contributed by atoms with Gasteiger partial charge in [-0.1, -0.05) is 53.5 Å². The number of hydrogen-bond donors (Lipinski definition) is 0. The largest absolute Gasteiger partial charge is 0.465 e. The van der Waals surface area contributed by atoms with Crippen molar-refractivity contribution in [2.75, 3.05) is 13.7 Å². The van der Waals surface area contributed by atoms with Crippen molar-refractivity contribution in [2.24, 2.45) is 4.99 Å². The highest BCUT2D eigenvalue weighted by atomic mass is 35.5. The molecule has 0 radical (unpaired) electrons. The topological polar surface area (TPSA) is 63.9 Å². The summed E-state index contributed by atoms with van der Waals surface area (Å²) in [6.45, 7) is 4.99. The van der Waals surface area contributed by atoms with Crippen LogP contribution < -0.4 is 0 Å². The van der Waals surface area contributed by atoms with Crippen molar-refractivity contribution in [2.45, 2.75) is 20.4 Å². The lowest BCUT2D eigenvalue weighted by Gasteiger charge is -2.12. The normalized spacial score (nSPS) is 15.6. The first-order valence-corrected chi connectivity index (χ1v) is 13.9. The summed E-state index contributed by atoms with van der Waals surface area (Å²) >= 11 is 13.9. The van der Waals surface area contributed by atoms with Gasteiger partial charge in [0.2, 0.25) is 0 Å². The second-order valence-electron chi connectivity index (χ2n) is 8.93. The first-order chi connectivity index (χ1) is 18.8. The van der Waals surface area contributed by atoms with Gasteiger partial charge in [-0.3, -0.25) is 9.69 Å². The average Bonchev–Trinajstić information content (AvgIpc) is 3.37. The summed E-state index contributed by atoms with van der Waals surface area (Å²) in [6, 6.07) is 20.5. The Bertz CT molecular complexity index is 1680. The van der Waals surface area contributed by atoms with E-state index >= 15 is 0 Å². The molecule has 9 heteroatoms. The molecule has 0 bridgehead atoms. The number of hydrogen-bond acceptors (Lipinski definition) is 5. The van der Waals surface area contributed by atoms with Gasteiger partial charge in [0.25, 0.3) is 5.91 Å². The van der Waals surface area contributed by atoms with Gasteiger partial charge in [0, 0.05) is 45.3 Å². The third kappa shape index (κ3) is 5.35. The van der Waals surface area contributed by atoms with Crippen molar-refractivity contribution in [1.82, 2.24) is 9.47 Å². The highest BCUT2D eigenvalue weighted by Gasteiger charge is 2.33. The number of methoxy groups -OCH3 is 1. The molecule has 2 heterocycles. The summed E-state index contributed by atoms with van der Waals surface area (Å²) in [6.07, 6.45) is 1.95. The van der Waals surface area contributed by atoms with Crippen molar-refractivity contribution < 1.29 is 14.3 Å². The van der Waals surface area contributed by atoms with E-state index in [0.717, 1.165) is 27.7 Å². The number of esters is 1. The van der Waals surface area contributed by atoms with E-state index in [4.69, 9.17) is 32.9 Å². The zero-order valence-corrected chi connectivity index (χ0v) is 23.9. The molecule has 1 saturated heterocycles. The van der Waals surface area contributed by atoms with Gasteiger partial charge in [0.05, 0.1) is 23.3 Å². The number of rotatable bonds is 6. The second kappa shape index (κ2) is 11.3. The Kier molecular flexibility index (Phi) is 7.84. The molecule has 0 spiro atoms. The van der Waals surface area contributed by atoms with Gasteiger partial charge in [0.1, 0.15) is 0 Å². The maximum absolute atomic E-state index is 13.4. The van der Waals surface area contributed by atoms with Crippen LogP contribution >= 0.6 is 35.0 Å². The molecule has 6 nitrogen and oxygen atoms in total. The van der Waals surface area contributed by atoms with E-state index in [1.165, 1.54) is 18.9 Å². The van der Waals surface area contributed by atoms with Crippen molar-refractivity contribution in [3.63, 3.8) is 0 Å². The van der Waals surface area contributed by atoms with E-state index in [9.17, 15) is 9.59 Å². The van der Waals surface area contributed by atoms with Crippen molar-refractivity contribution in [3.05, 3.63) is 104 Å². The van der Waals surface area contributed by atoms with Gasteiger partial charge in [0.15, 0.2) is 5.17 Å². The zero-order valence-electron chi connectivity index (χ0n) is 21.6. The Balaban J connectivity index is 1.54. The summed E-state index contributed by atoms with van der Waals surface area (Å²) in [5.74, 6) is -0.547. The molecule has 3 aromatic carbocycles. The van der Waals surface area contributed by atoms with Gasteiger partial charge in [-0.05, 0) is 73.6 Å². The quantitative estimate of drug-likeness (QED) is 0.174. The van der Waals surface area contributed by atoms with Crippen LogP contribution in [0.4, 0.5) is 5.69 Å². The van der Waals surface area contributed by atoms with E-state index < -0.39 is 5.97 Å². The molecule has 39 heavy (non-hydrogen) atoms. The minimum atomic E-state index is -0.438. The number of amides is 1. The number of carbonyl (C=O) groups excluding carboxylic acids is 2. The van der Waals surface area contributed by atoms with Crippen molar-refractivity contribution in [3.8, 4) is 0 Å². The number of aliphatic imine (C=N–C) groups is 1. The first kappa shape index (κ1) is 27.1. The lowest BCUT2D eigenvalue weighted by Crippen LogP contribution is -2.28. The third-order valence-electron chi connectivity index (χ3n) is 6.59. The third-order valence-corrected chi connectivity index (χ3v) is 8.19. The fourth-order valence-electron chi connectivity index (χ4n) is 4.60. The summed E-state index contributed by atoms with van der Waals surface area (Å²) in [4.78, 5) is 32.3. The number of likely N-dealkylation sites (N-methyl/N-ethyl adjacent to an activating group) is 1. The van der Waals surface area contributed by atoms with E-state index in [-0.39, 0.29) is 5.91 Å². The lowest BCUT2D eigenvalue weighted by molar-refractivity contribution is -0.122. The molecule has 1 aliphatic rings. The minimum absolute atomic E-state index is 0.109. The molecule has 0 atom stereocenters. The molecule has 4 aromatic rings. The smallest absolute Gasteiger partial charge is 0.337 e. The molecule has 198 valence electrons. The number of benzene rings is 3. The molecule has 0 N–H and O–H groups in total. The standard InChI is InChI=1S/C30H25Cl2N3O3S/c1-4-34-28(36)27(39-30(34)33-22-9-7-8-19(14-22)29(37)38-3)16-24-18(2)35(26-11-6-5-10-23(24)26)17-20-12-13-21(31)15-25(20)32/h5-16H,4,17H2,1-3H3. The fraction of sp³-hybridized carbons (Fsp3) is 0.167. The first-order valence-electron chi connectivity index (χ1n) is 12.3. The zero-order chi connectivity index (χ0) is 27.7. The summed E-state index contributed by atoms with van der Waals surface area (Å²) in [5.41, 5.74) is 4.96. The van der Waals surface area contributed by atoms with E-state index in [1.54, 1.807) is 35.2 Å². The van der Waals surface area contributed by atoms with Crippen LogP contribution in [0.5, 0.6) is 0 Å². The van der Waals surface area contributed by atoms with Gasteiger partial charge >= 0.3 is 5.97 Å². The summed E-state index contributed by atoms with van der Waals surface area (Å²) in [7, 11) is 1.34. The molecule has 0 unspecified atom stereocenters. The lowest BCUT2D eigenvalue weighted by atomic mass is 10.1. The maximum Gasteiger partial charge on any atom is 0.337 e. The Morgan fingerprint density at radius 1 is 1.08 bits per heavy atom. The van der Waals surface area contributed by atoms with Crippen LogP contribution in [0.25, 0.3) is 17.0 Å². The molecule has 1 aliphatic heterocycles. The predicted octanol–water partition coefficient (Wildman–Crippen LogP) is 7.72. The number of aromatic nitrogens is 1. The van der Waals surface area contributed by atoms with Gasteiger partial charge < -0.3 is 9.30 Å². The van der Waals surface area contributed by atoms with E-state index in [2.05, 4.69) is 16.7 Å². The number of nitrogens with zero attached hydrogens (tertiary/aromatic N) is 3. The van der Waals surface area contributed by atoms with Crippen LogP contribution in [0.2, 0.25) is 10.0 Å². The van der Waals surface area contributed by atoms with E-state index in [1.807, 2.05) is 44.2 Å². The van der Waals surface area contributed by atoms with Gasteiger partial charge in [-0.15, -0.1) is 0 Å². The summed E-state index contributed by atoms with van der Waals surface area (Å²) in [5, 5.41) is 2.80. The number of amidine groups is 1. The minimum Gasteiger partial charge on any atom is -0.465 e. The highest BCUT2D eigenvalue weighted by molar-refractivity contribution is 8.18. The van der Waals surface area contributed by atoms with Crippen LogP contribution in [0.1, 0.15) is 34.1 Å². The molecule has 1 fully saturated rings. The fourth-order valence-corrected chi connectivity index (χ4v) is 6.11. The SMILES string of the molecule is CCN1C(=O)C(=Cc2c(C)n(Cc3ccc(Cl)cc3Cl)c3ccccc23)SC1=Nc1cccc(C(=O)OC)c1. The molecular formula is C30H25Cl2N3O3S. The molecule has 1 aromatic heterocycles.